The zero-order valence-corrected chi connectivity index (χ0v) is 13.4. The van der Waals surface area contributed by atoms with E-state index in [1.165, 1.54) is 0 Å². The number of halogens is 1. The van der Waals surface area contributed by atoms with Gasteiger partial charge in [-0.2, -0.15) is 5.10 Å². The number of nitrogens with one attached hydrogen (secondary N) is 2. The number of hydrogen-bond donors (Lipinski definition) is 2. The van der Waals surface area contributed by atoms with Crippen molar-refractivity contribution in [3.63, 3.8) is 0 Å². The Bertz CT molecular complexity index is 641. The monoisotopic (exact) mass is 360 g/mol. The van der Waals surface area contributed by atoms with Crippen LogP contribution in [0, 0.1) is 0 Å². The number of hydrazone groups is 1. The van der Waals surface area contributed by atoms with Gasteiger partial charge in [0.2, 0.25) is 0 Å². The fourth-order valence-corrected chi connectivity index (χ4v) is 2.03. The minimum atomic E-state index is 0.402. The Labute approximate surface area is 137 Å². The quantitative estimate of drug-likeness (QED) is 0.494. The molecule has 0 amide bonds. The number of anilines is 1. The minimum absolute atomic E-state index is 0.402. The van der Waals surface area contributed by atoms with Crippen LogP contribution < -0.4 is 10.7 Å². The molecule has 0 saturated heterocycles. The third-order valence-electron chi connectivity index (χ3n) is 2.38. The van der Waals surface area contributed by atoms with E-state index in [1.807, 2.05) is 48.5 Å². The van der Waals surface area contributed by atoms with Gasteiger partial charge in [0, 0.05) is 10.7 Å². The molecule has 0 bridgehead atoms. The maximum atomic E-state index is 5.12. The second kappa shape index (κ2) is 8.28. The minimum Gasteiger partial charge on any atom is -0.330 e. The first-order valence-electron chi connectivity index (χ1n) is 6.16. The molecule has 1 heterocycles. The van der Waals surface area contributed by atoms with Crippen molar-refractivity contribution in [3.05, 3.63) is 64.9 Å². The molecule has 21 heavy (non-hydrogen) atoms. The van der Waals surface area contributed by atoms with Crippen molar-refractivity contribution in [2.75, 3.05) is 5.32 Å². The SMILES string of the molecule is S=C(NN=CC(Br)=Cc1ccccc1)Nc1cccnc1. The van der Waals surface area contributed by atoms with Gasteiger partial charge in [-0.25, -0.2) is 0 Å². The molecular formula is C15H13BrN4S. The number of pyridine rings is 1. The van der Waals surface area contributed by atoms with Crippen molar-refractivity contribution >= 4 is 51.2 Å². The van der Waals surface area contributed by atoms with E-state index in [-0.39, 0.29) is 0 Å². The summed E-state index contributed by atoms with van der Waals surface area (Å²) in [5.74, 6) is 0. The molecule has 0 spiro atoms. The van der Waals surface area contributed by atoms with Crippen molar-refractivity contribution < 1.29 is 0 Å². The average Bonchev–Trinajstić information content (AvgIpc) is 2.49. The summed E-state index contributed by atoms with van der Waals surface area (Å²) in [6.45, 7) is 0. The summed E-state index contributed by atoms with van der Waals surface area (Å²) in [5, 5.41) is 7.43. The maximum Gasteiger partial charge on any atom is 0.191 e. The summed E-state index contributed by atoms with van der Waals surface area (Å²) in [6, 6.07) is 13.7. The van der Waals surface area contributed by atoms with Crippen molar-refractivity contribution in [2.45, 2.75) is 0 Å². The molecule has 0 saturated carbocycles. The van der Waals surface area contributed by atoms with Gasteiger partial charge >= 0.3 is 0 Å². The van der Waals surface area contributed by atoms with Crippen LogP contribution >= 0.6 is 28.1 Å². The molecule has 1 aromatic carbocycles. The molecule has 0 unspecified atom stereocenters. The Kier molecular flexibility index (Phi) is 6.05. The molecule has 106 valence electrons. The summed E-state index contributed by atoms with van der Waals surface area (Å²) in [7, 11) is 0. The molecule has 2 rings (SSSR count). The summed E-state index contributed by atoms with van der Waals surface area (Å²) in [6.07, 6.45) is 6.99. The van der Waals surface area contributed by atoms with Crippen LogP contribution in [0.25, 0.3) is 6.08 Å². The van der Waals surface area contributed by atoms with Crippen molar-refractivity contribution in [2.24, 2.45) is 5.10 Å². The van der Waals surface area contributed by atoms with E-state index in [9.17, 15) is 0 Å². The third-order valence-corrected chi connectivity index (χ3v) is 3.00. The van der Waals surface area contributed by atoms with E-state index in [2.05, 4.69) is 36.8 Å². The van der Waals surface area contributed by atoms with Gasteiger partial charge in [0.25, 0.3) is 0 Å². The van der Waals surface area contributed by atoms with E-state index < -0.39 is 0 Å². The second-order valence-corrected chi connectivity index (χ2v) is 5.33. The predicted octanol–water partition coefficient (Wildman–Crippen LogP) is 3.79. The van der Waals surface area contributed by atoms with Crippen molar-refractivity contribution in [1.82, 2.24) is 10.4 Å². The highest BCUT2D eigenvalue weighted by atomic mass is 79.9. The topological polar surface area (TPSA) is 49.3 Å². The average molecular weight is 361 g/mol. The number of nitrogens with zero attached hydrogens (tertiary/aromatic N) is 2. The molecule has 0 radical (unpaired) electrons. The molecule has 1 aromatic heterocycles. The van der Waals surface area contributed by atoms with Crippen LogP contribution in [0.15, 0.2) is 64.4 Å². The van der Waals surface area contributed by atoms with Gasteiger partial charge in [0.05, 0.1) is 18.1 Å². The first-order chi connectivity index (χ1) is 10.2. The zero-order chi connectivity index (χ0) is 14.9. The third kappa shape index (κ3) is 5.85. The number of rotatable bonds is 4. The fourth-order valence-electron chi connectivity index (χ4n) is 1.49. The standard InChI is InChI=1S/C15H13BrN4S/c16-13(9-12-5-2-1-3-6-12)10-18-20-15(21)19-14-7-4-8-17-11-14/h1-11H,(H2,19,20,21). The zero-order valence-electron chi connectivity index (χ0n) is 11.0. The van der Waals surface area contributed by atoms with E-state index >= 15 is 0 Å². The molecular weight excluding hydrogens is 348 g/mol. The van der Waals surface area contributed by atoms with Gasteiger partial charge in [-0.3, -0.25) is 10.4 Å². The number of benzene rings is 1. The lowest BCUT2D eigenvalue weighted by Gasteiger charge is -2.05. The highest BCUT2D eigenvalue weighted by Gasteiger charge is 1.95. The van der Waals surface area contributed by atoms with Crippen LogP contribution in [-0.4, -0.2) is 16.3 Å². The Morgan fingerprint density at radius 2 is 2.00 bits per heavy atom. The van der Waals surface area contributed by atoms with Gasteiger partial charge in [-0.1, -0.05) is 30.3 Å². The van der Waals surface area contributed by atoms with E-state index in [0.29, 0.717) is 5.11 Å². The number of hydrogen-bond acceptors (Lipinski definition) is 3. The highest BCUT2D eigenvalue weighted by Crippen LogP contribution is 2.09. The molecule has 0 atom stereocenters. The van der Waals surface area contributed by atoms with Crippen LogP contribution in [0.3, 0.4) is 0 Å². The molecule has 0 aliphatic carbocycles. The lowest BCUT2D eigenvalue weighted by Crippen LogP contribution is -2.23. The van der Waals surface area contributed by atoms with Gasteiger partial charge < -0.3 is 5.32 Å². The molecule has 0 aliphatic rings. The molecule has 2 N–H and O–H groups in total. The van der Waals surface area contributed by atoms with Gasteiger partial charge in [0.1, 0.15) is 0 Å². The summed E-state index contributed by atoms with van der Waals surface area (Å²) < 4.78 is 0.838. The highest BCUT2D eigenvalue weighted by molar-refractivity contribution is 9.12. The van der Waals surface area contributed by atoms with E-state index in [0.717, 1.165) is 15.7 Å². The van der Waals surface area contributed by atoms with Crippen LogP contribution in [0.4, 0.5) is 5.69 Å². The Morgan fingerprint density at radius 1 is 1.19 bits per heavy atom. The Morgan fingerprint density at radius 3 is 2.71 bits per heavy atom. The van der Waals surface area contributed by atoms with E-state index in [4.69, 9.17) is 12.2 Å². The lowest BCUT2D eigenvalue weighted by molar-refractivity contribution is 1.05. The summed E-state index contributed by atoms with van der Waals surface area (Å²) in [4.78, 5) is 3.99. The van der Waals surface area contributed by atoms with Crippen LogP contribution in [0.1, 0.15) is 5.56 Å². The van der Waals surface area contributed by atoms with E-state index in [1.54, 1.807) is 18.6 Å². The largest absolute Gasteiger partial charge is 0.330 e. The Balaban J connectivity index is 1.84. The predicted molar refractivity (Wildman–Crippen MR) is 95.4 cm³/mol. The molecule has 4 nitrogen and oxygen atoms in total. The smallest absolute Gasteiger partial charge is 0.191 e. The summed E-state index contributed by atoms with van der Waals surface area (Å²) in [5.41, 5.74) is 4.64. The molecule has 0 aliphatic heterocycles. The summed E-state index contributed by atoms with van der Waals surface area (Å²) >= 11 is 8.55. The first-order valence-corrected chi connectivity index (χ1v) is 7.36. The van der Waals surface area contributed by atoms with Gasteiger partial charge in [-0.15, -0.1) is 0 Å². The first kappa shape index (κ1) is 15.3. The van der Waals surface area contributed by atoms with Crippen LogP contribution in [0.2, 0.25) is 0 Å². The lowest BCUT2D eigenvalue weighted by atomic mass is 10.2. The van der Waals surface area contributed by atoms with Gasteiger partial charge in [0.15, 0.2) is 5.11 Å². The molecule has 6 heteroatoms. The maximum absolute atomic E-state index is 5.12. The normalized spacial score (nSPS) is 11.4. The number of thiocarbonyl (C=S) groups is 1. The Hall–Kier alpha value is -2.05. The molecule has 0 fully saturated rings. The van der Waals surface area contributed by atoms with Gasteiger partial charge in [-0.05, 0) is 51.9 Å². The van der Waals surface area contributed by atoms with Crippen LogP contribution in [-0.2, 0) is 0 Å². The second-order valence-electron chi connectivity index (χ2n) is 4.01. The number of aromatic nitrogens is 1. The van der Waals surface area contributed by atoms with Crippen LogP contribution in [0.5, 0.6) is 0 Å². The number of allylic oxidation sites excluding steroid dienone is 1. The molecule has 2 aromatic rings. The van der Waals surface area contributed by atoms with Crippen molar-refractivity contribution in [1.29, 1.82) is 0 Å². The van der Waals surface area contributed by atoms with Crippen molar-refractivity contribution in [3.8, 4) is 0 Å². The fraction of sp³-hybridized carbons (Fsp3) is 0.